The number of ether oxygens (including phenoxy) is 1. The third kappa shape index (κ3) is 5.38. The van der Waals surface area contributed by atoms with E-state index in [1.54, 1.807) is 0 Å². The van der Waals surface area contributed by atoms with Crippen molar-refractivity contribution in [3.05, 3.63) is 65.0 Å². The van der Waals surface area contributed by atoms with Gasteiger partial charge in [0, 0.05) is 12.7 Å². The van der Waals surface area contributed by atoms with Crippen LogP contribution in [0.3, 0.4) is 0 Å². The maximum absolute atomic E-state index is 12.3. The molecule has 0 aliphatic rings. The zero-order valence-corrected chi connectivity index (χ0v) is 18.0. The van der Waals surface area contributed by atoms with Gasteiger partial charge in [0.1, 0.15) is 12.4 Å². The van der Waals surface area contributed by atoms with E-state index in [1.165, 1.54) is 22.9 Å². The number of carbonyl (C=O) groups is 1. The van der Waals surface area contributed by atoms with Crippen LogP contribution < -0.4 is 10.1 Å². The van der Waals surface area contributed by atoms with E-state index in [0.29, 0.717) is 17.6 Å². The number of aryl methyl sites for hydroxylation is 3. The van der Waals surface area contributed by atoms with E-state index >= 15 is 0 Å². The fraction of sp³-hybridized carbons (Fsp3) is 0.318. The SMILES string of the molecule is CCc1ccccc1NC(=O)CSc1nnc(COc2ccc(C)c(C)c2)n1C. The van der Waals surface area contributed by atoms with E-state index in [4.69, 9.17) is 4.74 Å². The van der Waals surface area contributed by atoms with Crippen LogP contribution in [-0.2, 0) is 24.9 Å². The summed E-state index contributed by atoms with van der Waals surface area (Å²) in [5, 5.41) is 12.0. The standard InChI is InChI=1S/C22H26N4O2S/c1-5-17-8-6-7-9-19(17)23-21(27)14-29-22-25-24-20(26(22)4)13-28-18-11-10-15(2)16(3)12-18/h6-12H,5,13-14H2,1-4H3,(H,23,27). The van der Waals surface area contributed by atoms with E-state index in [1.807, 2.05) is 54.1 Å². The molecule has 152 valence electrons. The Balaban J connectivity index is 1.55. The van der Waals surface area contributed by atoms with Crippen LogP contribution in [0.4, 0.5) is 5.69 Å². The van der Waals surface area contributed by atoms with E-state index in [9.17, 15) is 4.79 Å². The van der Waals surface area contributed by atoms with Crippen LogP contribution in [0.1, 0.15) is 29.4 Å². The minimum Gasteiger partial charge on any atom is -0.486 e. The number of hydrogen-bond donors (Lipinski definition) is 1. The lowest BCUT2D eigenvalue weighted by atomic mass is 10.1. The zero-order chi connectivity index (χ0) is 20.8. The summed E-state index contributed by atoms with van der Waals surface area (Å²) in [6.07, 6.45) is 0.872. The number of rotatable bonds is 8. The van der Waals surface area contributed by atoms with Crippen LogP contribution in [-0.4, -0.2) is 26.4 Å². The molecule has 0 saturated carbocycles. The molecule has 2 aromatic carbocycles. The fourth-order valence-electron chi connectivity index (χ4n) is 2.81. The number of carbonyl (C=O) groups excluding carboxylic acids is 1. The number of anilines is 1. The van der Waals surface area contributed by atoms with E-state index in [-0.39, 0.29) is 11.7 Å². The number of benzene rings is 2. The maximum Gasteiger partial charge on any atom is 0.234 e. The van der Waals surface area contributed by atoms with E-state index in [0.717, 1.165) is 23.4 Å². The smallest absolute Gasteiger partial charge is 0.234 e. The van der Waals surface area contributed by atoms with Gasteiger partial charge in [-0.25, -0.2) is 0 Å². The molecule has 7 heteroatoms. The summed E-state index contributed by atoms with van der Waals surface area (Å²) in [5.41, 5.74) is 4.40. The second kappa shape index (κ2) is 9.60. The summed E-state index contributed by atoms with van der Waals surface area (Å²) < 4.78 is 7.70. The van der Waals surface area contributed by atoms with Crippen molar-refractivity contribution in [3.63, 3.8) is 0 Å². The number of nitrogens with zero attached hydrogens (tertiary/aromatic N) is 3. The first kappa shape index (κ1) is 20.9. The van der Waals surface area contributed by atoms with Crippen LogP contribution in [0.25, 0.3) is 0 Å². The van der Waals surface area contributed by atoms with E-state index < -0.39 is 0 Å². The Kier molecular flexibility index (Phi) is 6.93. The Morgan fingerprint density at radius 1 is 1.14 bits per heavy atom. The third-order valence-electron chi connectivity index (χ3n) is 4.78. The van der Waals surface area contributed by atoms with Crippen molar-refractivity contribution < 1.29 is 9.53 Å². The van der Waals surface area contributed by atoms with Gasteiger partial charge in [0.05, 0.1) is 5.75 Å². The number of para-hydroxylation sites is 1. The maximum atomic E-state index is 12.3. The summed E-state index contributed by atoms with van der Waals surface area (Å²) in [6.45, 7) is 6.52. The summed E-state index contributed by atoms with van der Waals surface area (Å²) in [5.74, 6) is 1.72. The average molecular weight is 411 g/mol. The fourth-order valence-corrected chi connectivity index (χ4v) is 3.54. The predicted octanol–water partition coefficient (Wildman–Crippen LogP) is 4.30. The molecule has 1 N–H and O–H groups in total. The second-order valence-electron chi connectivity index (χ2n) is 6.84. The molecule has 1 heterocycles. The highest BCUT2D eigenvalue weighted by atomic mass is 32.2. The highest BCUT2D eigenvalue weighted by Crippen LogP contribution is 2.20. The van der Waals surface area contributed by atoms with Gasteiger partial charge in [0.15, 0.2) is 11.0 Å². The van der Waals surface area contributed by atoms with E-state index in [2.05, 4.69) is 36.3 Å². The largest absolute Gasteiger partial charge is 0.486 e. The van der Waals surface area contributed by atoms with Gasteiger partial charge in [-0.1, -0.05) is 43.0 Å². The van der Waals surface area contributed by atoms with Gasteiger partial charge in [-0.3, -0.25) is 4.79 Å². The lowest BCUT2D eigenvalue weighted by Crippen LogP contribution is -2.15. The molecule has 6 nitrogen and oxygen atoms in total. The molecule has 1 amide bonds. The zero-order valence-electron chi connectivity index (χ0n) is 17.2. The first-order valence-electron chi connectivity index (χ1n) is 9.56. The van der Waals surface area contributed by atoms with Crippen molar-refractivity contribution in [2.24, 2.45) is 7.05 Å². The van der Waals surface area contributed by atoms with Gasteiger partial charge in [0.25, 0.3) is 0 Å². The highest BCUT2D eigenvalue weighted by molar-refractivity contribution is 7.99. The molecule has 0 radical (unpaired) electrons. The summed E-state index contributed by atoms with van der Waals surface area (Å²) in [6, 6.07) is 13.8. The molecule has 29 heavy (non-hydrogen) atoms. The molecule has 0 atom stereocenters. The molecule has 0 saturated heterocycles. The lowest BCUT2D eigenvalue weighted by molar-refractivity contribution is -0.113. The van der Waals surface area contributed by atoms with Gasteiger partial charge in [-0.15, -0.1) is 10.2 Å². The predicted molar refractivity (Wildman–Crippen MR) is 116 cm³/mol. The molecule has 0 unspecified atom stereocenters. The van der Waals surface area contributed by atoms with Crippen LogP contribution in [0.15, 0.2) is 47.6 Å². The van der Waals surface area contributed by atoms with Crippen molar-refractivity contribution in [1.29, 1.82) is 0 Å². The molecule has 0 aliphatic heterocycles. The number of aromatic nitrogens is 3. The Labute approximate surface area is 175 Å². The average Bonchev–Trinajstić information content (AvgIpc) is 3.07. The summed E-state index contributed by atoms with van der Waals surface area (Å²) >= 11 is 1.36. The van der Waals surface area contributed by atoms with Gasteiger partial charge in [-0.2, -0.15) is 0 Å². The number of nitrogens with one attached hydrogen (secondary N) is 1. The lowest BCUT2D eigenvalue weighted by Gasteiger charge is -2.10. The number of thioether (sulfide) groups is 1. The molecule has 0 spiro atoms. The van der Waals surface area contributed by atoms with Gasteiger partial charge in [0.2, 0.25) is 5.91 Å². The van der Waals surface area contributed by atoms with Crippen molar-refractivity contribution >= 4 is 23.4 Å². The van der Waals surface area contributed by atoms with Crippen molar-refractivity contribution in [2.45, 2.75) is 39.0 Å². The number of amides is 1. The van der Waals surface area contributed by atoms with Gasteiger partial charge >= 0.3 is 0 Å². The van der Waals surface area contributed by atoms with Gasteiger partial charge in [-0.05, 0) is 55.2 Å². The molecule has 3 aromatic rings. The first-order chi connectivity index (χ1) is 14.0. The second-order valence-corrected chi connectivity index (χ2v) is 7.78. The normalized spacial score (nSPS) is 10.8. The minimum absolute atomic E-state index is 0.0631. The third-order valence-corrected chi connectivity index (χ3v) is 5.80. The van der Waals surface area contributed by atoms with Crippen molar-refractivity contribution in [2.75, 3.05) is 11.1 Å². The minimum atomic E-state index is -0.0631. The molecule has 0 aliphatic carbocycles. The van der Waals surface area contributed by atoms with Crippen LogP contribution >= 0.6 is 11.8 Å². The van der Waals surface area contributed by atoms with Gasteiger partial charge < -0.3 is 14.6 Å². The highest BCUT2D eigenvalue weighted by Gasteiger charge is 2.13. The molecular weight excluding hydrogens is 384 g/mol. The monoisotopic (exact) mass is 410 g/mol. The van der Waals surface area contributed by atoms with Crippen LogP contribution in [0, 0.1) is 13.8 Å². The Hall–Kier alpha value is -2.80. The summed E-state index contributed by atoms with van der Waals surface area (Å²) in [4.78, 5) is 12.3. The number of hydrogen-bond acceptors (Lipinski definition) is 5. The Morgan fingerprint density at radius 3 is 2.69 bits per heavy atom. The quantitative estimate of drug-likeness (QED) is 0.561. The first-order valence-corrected chi connectivity index (χ1v) is 10.6. The summed E-state index contributed by atoms with van der Waals surface area (Å²) in [7, 11) is 1.88. The molecule has 0 bridgehead atoms. The molecule has 0 fully saturated rings. The van der Waals surface area contributed by atoms with Crippen molar-refractivity contribution in [3.8, 4) is 5.75 Å². The Morgan fingerprint density at radius 2 is 1.93 bits per heavy atom. The topological polar surface area (TPSA) is 69.0 Å². The van der Waals surface area contributed by atoms with Crippen LogP contribution in [0.2, 0.25) is 0 Å². The molecular formula is C22H26N4O2S. The molecule has 3 rings (SSSR count). The molecule has 1 aromatic heterocycles. The van der Waals surface area contributed by atoms with Crippen LogP contribution in [0.5, 0.6) is 5.75 Å². The van der Waals surface area contributed by atoms with Crippen molar-refractivity contribution in [1.82, 2.24) is 14.8 Å². The Bertz CT molecular complexity index is 1000.